The first kappa shape index (κ1) is 19.5. The molecule has 1 aromatic carbocycles. The molecule has 2 aromatic rings. The Morgan fingerprint density at radius 3 is 2.60 bits per heavy atom. The number of aromatic nitrogens is 2. The number of para-hydroxylation sites is 1. The van der Waals surface area contributed by atoms with Crippen LogP contribution < -0.4 is 11.1 Å². The molecule has 136 valence electrons. The molecule has 6 heteroatoms. The van der Waals surface area contributed by atoms with E-state index in [-0.39, 0.29) is 24.4 Å². The smallest absolute Gasteiger partial charge is 0.272 e. The first-order valence-electron chi connectivity index (χ1n) is 8.82. The van der Waals surface area contributed by atoms with Crippen LogP contribution in [-0.4, -0.2) is 28.3 Å². The highest BCUT2D eigenvalue weighted by atomic mass is 35.5. The fourth-order valence-electron chi connectivity index (χ4n) is 3.56. The fraction of sp³-hybridized carbons (Fsp3) is 0.474. The van der Waals surface area contributed by atoms with E-state index in [0.717, 1.165) is 24.2 Å². The number of aryl methyl sites for hydroxylation is 1. The van der Waals surface area contributed by atoms with E-state index in [1.165, 1.54) is 19.3 Å². The summed E-state index contributed by atoms with van der Waals surface area (Å²) in [6, 6.07) is 11.7. The number of hydrogen-bond donors (Lipinski definition) is 2. The number of carbonyl (C=O) groups is 1. The lowest BCUT2D eigenvalue weighted by Crippen LogP contribution is -2.46. The van der Waals surface area contributed by atoms with Crippen molar-refractivity contribution < 1.29 is 4.79 Å². The van der Waals surface area contributed by atoms with Crippen molar-refractivity contribution >= 4 is 18.3 Å². The van der Waals surface area contributed by atoms with E-state index in [4.69, 9.17) is 5.73 Å². The molecule has 1 unspecified atom stereocenters. The van der Waals surface area contributed by atoms with Crippen molar-refractivity contribution in [2.24, 2.45) is 11.7 Å². The van der Waals surface area contributed by atoms with Crippen LogP contribution in [0.15, 0.2) is 36.4 Å². The van der Waals surface area contributed by atoms with Gasteiger partial charge >= 0.3 is 0 Å². The molecule has 1 aliphatic carbocycles. The maximum atomic E-state index is 12.6. The maximum Gasteiger partial charge on any atom is 0.272 e. The van der Waals surface area contributed by atoms with E-state index >= 15 is 0 Å². The summed E-state index contributed by atoms with van der Waals surface area (Å²) in [6.07, 6.45) is 6.07. The van der Waals surface area contributed by atoms with Gasteiger partial charge in [0.25, 0.3) is 5.91 Å². The Kier molecular flexibility index (Phi) is 7.02. The van der Waals surface area contributed by atoms with Crippen LogP contribution in [0.4, 0.5) is 0 Å². The molecule has 0 radical (unpaired) electrons. The van der Waals surface area contributed by atoms with Crippen LogP contribution >= 0.6 is 12.4 Å². The monoisotopic (exact) mass is 362 g/mol. The van der Waals surface area contributed by atoms with Crippen LogP contribution in [0.2, 0.25) is 0 Å². The predicted molar refractivity (Wildman–Crippen MR) is 102 cm³/mol. The Morgan fingerprint density at radius 1 is 1.28 bits per heavy atom. The summed E-state index contributed by atoms with van der Waals surface area (Å²) < 4.78 is 1.80. The topological polar surface area (TPSA) is 72.9 Å². The number of amides is 1. The van der Waals surface area contributed by atoms with Crippen molar-refractivity contribution in [2.75, 3.05) is 6.54 Å². The minimum atomic E-state index is -0.131. The SMILES string of the molecule is Cc1cc(C(=O)NC(CN)C2CCCCC2)nn1-c1ccccc1.Cl. The summed E-state index contributed by atoms with van der Waals surface area (Å²) in [6.45, 7) is 2.44. The first-order chi connectivity index (χ1) is 11.7. The Labute approximate surface area is 155 Å². The van der Waals surface area contributed by atoms with Gasteiger partial charge in [-0.3, -0.25) is 4.79 Å². The number of hydrogen-bond acceptors (Lipinski definition) is 3. The summed E-state index contributed by atoms with van der Waals surface area (Å²) in [5.74, 6) is 0.360. The van der Waals surface area contributed by atoms with Gasteiger partial charge in [-0.1, -0.05) is 37.5 Å². The van der Waals surface area contributed by atoms with Gasteiger partial charge in [-0.05, 0) is 43.9 Å². The fourth-order valence-corrected chi connectivity index (χ4v) is 3.56. The van der Waals surface area contributed by atoms with Crippen LogP contribution in [0.5, 0.6) is 0 Å². The molecule has 1 amide bonds. The number of benzene rings is 1. The van der Waals surface area contributed by atoms with Crippen molar-refractivity contribution in [3.05, 3.63) is 47.8 Å². The van der Waals surface area contributed by atoms with Gasteiger partial charge in [0, 0.05) is 18.3 Å². The third-order valence-corrected chi connectivity index (χ3v) is 4.91. The number of halogens is 1. The van der Waals surface area contributed by atoms with E-state index in [9.17, 15) is 4.79 Å². The molecule has 3 N–H and O–H groups in total. The van der Waals surface area contributed by atoms with Crippen molar-refractivity contribution in [1.29, 1.82) is 0 Å². The van der Waals surface area contributed by atoms with E-state index < -0.39 is 0 Å². The summed E-state index contributed by atoms with van der Waals surface area (Å²) in [5.41, 5.74) is 8.26. The summed E-state index contributed by atoms with van der Waals surface area (Å²) >= 11 is 0. The third kappa shape index (κ3) is 4.61. The molecule has 3 rings (SSSR count). The van der Waals surface area contributed by atoms with Crippen LogP contribution in [0, 0.1) is 12.8 Å². The van der Waals surface area contributed by atoms with Crippen LogP contribution in [0.1, 0.15) is 48.3 Å². The van der Waals surface area contributed by atoms with E-state index in [1.807, 2.05) is 43.3 Å². The molecule has 1 heterocycles. The third-order valence-electron chi connectivity index (χ3n) is 4.91. The van der Waals surface area contributed by atoms with Gasteiger partial charge in [0.1, 0.15) is 0 Å². The molecule has 1 saturated carbocycles. The van der Waals surface area contributed by atoms with Crippen LogP contribution in [-0.2, 0) is 0 Å². The molecule has 0 aliphatic heterocycles. The lowest BCUT2D eigenvalue weighted by atomic mass is 9.84. The molecule has 1 atom stereocenters. The van der Waals surface area contributed by atoms with Gasteiger partial charge in [-0.2, -0.15) is 5.10 Å². The Morgan fingerprint density at radius 2 is 1.96 bits per heavy atom. The minimum absolute atomic E-state index is 0. The van der Waals surface area contributed by atoms with Crippen molar-refractivity contribution in [1.82, 2.24) is 15.1 Å². The average molecular weight is 363 g/mol. The number of nitrogens with two attached hydrogens (primary N) is 1. The lowest BCUT2D eigenvalue weighted by Gasteiger charge is -2.29. The maximum absolute atomic E-state index is 12.6. The second-order valence-electron chi connectivity index (χ2n) is 6.63. The number of rotatable bonds is 5. The molecule has 0 bridgehead atoms. The molecule has 1 aliphatic rings. The summed E-state index contributed by atoms with van der Waals surface area (Å²) in [4.78, 5) is 12.6. The lowest BCUT2D eigenvalue weighted by molar-refractivity contribution is 0.0910. The zero-order valence-electron chi connectivity index (χ0n) is 14.6. The summed E-state index contributed by atoms with van der Waals surface area (Å²) in [7, 11) is 0. The highest BCUT2D eigenvalue weighted by Crippen LogP contribution is 2.26. The van der Waals surface area contributed by atoms with Gasteiger partial charge in [0.05, 0.1) is 5.69 Å². The Hall–Kier alpha value is -1.85. The molecule has 1 aromatic heterocycles. The number of carbonyl (C=O) groups excluding carboxylic acids is 1. The quantitative estimate of drug-likeness (QED) is 0.857. The standard InChI is InChI=1S/C19H26N4O.ClH/c1-14-12-17(22-23(14)16-10-6-3-7-11-16)19(24)21-18(13-20)15-8-4-2-5-9-15;/h3,6-7,10-12,15,18H,2,4-5,8-9,13,20H2,1H3,(H,21,24);1H. The largest absolute Gasteiger partial charge is 0.346 e. The van der Waals surface area contributed by atoms with Gasteiger partial charge in [-0.15, -0.1) is 12.4 Å². The normalized spacial score (nSPS) is 16.1. The Bertz CT molecular complexity index is 680. The molecule has 0 spiro atoms. The van der Waals surface area contributed by atoms with E-state index in [1.54, 1.807) is 4.68 Å². The zero-order valence-corrected chi connectivity index (χ0v) is 15.5. The van der Waals surface area contributed by atoms with Crippen LogP contribution in [0.25, 0.3) is 5.69 Å². The zero-order chi connectivity index (χ0) is 16.9. The van der Waals surface area contributed by atoms with Crippen molar-refractivity contribution in [2.45, 2.75) is 45.1 Å². The second kappa shape index (κ2) is 9.02. The molecule has 5 nitrogen and oxygen atoms in total. The molecule has 25 heavy (non-hydrogen) atoms. The number of nitrogens with zero attached hydrogens (tertiary/aromatic N) is 2. The first-order valence-corrected chi connectivity index (χ1v) is 8.82. The summed E-state index contributed by atoms with van der Waals surface area (Å²) in [5, 5.41) is 7.58. The molecular weight excluding hydrogens is 336 g/mol. The highest BCUT2D eigenvalue weighted by Gasteiger charge is 2.25. The van der Waals surface area contributed by atoms with Crippen LogP contribution in [0.3, 0.4) is 0 Å². The molecule has 0 saturated heterocycles. The second-order valence-corrected chi connectivity index (χ2v) is 6.63. The van der Waals surface area contributed by atoms with Gasteiger partial charge in [0.2, 0.25) is 0 Å². The van der Waals surface area contributed by atoms with Gasteiger partial charge in [-0.25, -0.2) is 4.68 Å². The van der Waals surface area contributed by atoms with Gasteiger partial charge < -0.3 is 11.1 Å². The molecule has 1 fully saturated rings. The van der Waals surface area contributed by atoms with Crippen molar-refractivity contribution in [3.8, 4) is 5.69 Å². The van der Waals surface area contributed by atoms with Gasteiger partial charge in [0.15, 0.2) is 5.69 Å². The predicted octanol–water partition coefficient (Wildman–Crippen LogP) is 3.24. The van der Waals surface area contributed by atoms with E-state index in [2.05, 4.69) is 10.4 Å². The average Bonchev–Trinajstić information content (AvgIpc) is 3.03. The highest BCUT2D eigenvalue weighted by molar-refractivity contribution is 5.92. The van der Waals surface area contributed by atoms with E-state index in [0.29, 0.717) is 18.2 Å². The Balaban J connectivity index is 0.00000225. The minimum Gasteiger partial charge on any atom is -0.346 e. The number of nitrogens with one attached hydrogen (secondary N) is 1. The molecular formula is C19H27ClN4O. The van der Waals surface area contributed by atoms with Crippen molar-refractivity contribution in [3.63, 3.8) is 0 Å².